The Morgan fingerprint density at radius 2 is 1.88 bits per heavy atom. The van der Waals surface area contributed by atoms with E-state index >= 15 is 0 Å². The Labute approximate surface area is 188 Å². The number of urea groups is 1. The molecule has 1 aromatic heterocycles. The second kappa shape index (κ2) is 10.5. The summed E-state index contributed by atoms with van der Waals surface area (Å²) < 4.78 is 5.42. The molecule has 3 heterocycles. The Balaban J connectivity index is 1.32. The van der Waals surface area contributed by atoms with Gasteiger partial charge in [-0.3, -0.25) is 4.79 Å². The number of hydrogen-bond acceptors (Lipinski definition) is 5. The number of rotatable bonds is 5. The number of hydrogen-bond donors (Lipinski definition) is 2. The number of carbonyl (C=O) groups is 2. The van der Waals surface area contributed by atoms with E-state index in [0.29, 0.717) is 31.0 Å². The molecule has 8 heteroatoms. The van der Waals surface area contributed by atoms with Gasteiger partial charge in [-0.2, -0.15) is 0 Å². The van der Waals surface area contributed by atoms with Crippen LogP contribution in [-0.2, 0) is 11.3 Å². The lowest BCUT2D eigenvalue weighted by molar-refractivity contribution is 0.0635. The molecule has 0 bridgehead atoms. The minimum Gasteiger partial charge on any atom is -0.378 e. The molecule has 1 atom stereocenters. The number of anilines is 2. The lowest BCUT2D eigenvalue weighted by Crippen LogP contribution is -2.42. The second-order valence-electron chi connectivity index (χ2n) is 8.31. The summed E-state index contributed by atoms with van der Waals surface area (Å²) in [6.45, 7) is 6.22. The van der Waals surface area contributed by atoms with Crippen LogP contribution in [-0.4, -0.2) is 60.7 Å². The Bertz CT molecular complexity index is 927. The van der Waals surface area contributed by atoms with Gasteiger partial charge in [0, 0.05) is 55.2 Å². The molecule has 0 aliphatic carbocycles. The van der Waals surface area contributed by atoms with Gasteiger partial charge in [0.1, 0.15) is 5.82 Å². The Morgan fingerprint density at radius 3 is 2.62 bits per heavy atom. The molecule has 0 unspecified atom stereocenters. The fraction of sp³-hybridized carbons (Fsp3) is 0.458. The molecule has 2 N–H and O–H groups in total. The van der Waals surface area contributed by atoms with Crippen molar-refractivity contribution in [1.29, 1.82) is 0 Å². The lowest BCUT2D eigenvalue weighted by Gasteiger charge is -2.33. The lowest BCUT2D eigenvalue weighted by atomic mass is 10.0. The van der Waals surface area contributed by atoms with Crippen molar-refractivity contribution >= 4 is 23.4 Å². The molecule has 2 saturated heterocycles. The normalized spacial score (nSPS) is 18.8. The highest BCUT2D eigenvalue weighted by Gasteiger charge is 2.24. The van der Waals surface area contributed by atoms with Gasteiger partial charge in [-0.05, 0) is 56.5 Å². The highest BCUT2D eigenvalue weighted by Crippen LogP contribution is 2.21. The standard InChI is InChI=1S/C24H31N5O3/c1-18-5-2-3-12-29(18)23(30)19-7-9-21(10-8-19)27-24(31)26-17-20-6-4-11-25-22(20)28-13-15-32-16-14-28/h4,6-11,18H,2-3,5,12-17H2,1H3,(H2,26,27,31)/t18-/m0/s1. The number of carbonyl (C=O) groups excluding carboxylic acids is 2. The van der Waals surface area contributed by atoms with Crippen molar-refractivity contribution in [3.8, 4) is 0 Å². The summed E-state index contributed by atoms with van der Waals surface area (Å²) in [4.78, 5) is 33.8. The molecule has 8 nitrogen and oxygen atoms in total. The van der Waals surface area contributed by atoms with Gasteiger partial charge < -0.3 is 25.2 Å². The number of nitrogens with one attached hydrogen (secondary N) is 2. The molecule has 4 rings (SSSR count). The Kier molecular flexibility index (Phi) is 7.21. The third kappa shape index (κ3) is 5.37. The molecule has 32 heavy (non-hydrogen) atoms. The van der Waals surface area contributed by atoms with Crippen molar-refractivity contribution in [3.05, 3.63) is 53.7 Å². The van der Waals surface area contributed by atoms with E-state index in [1.165, 1.54) is 6.42 Å². The van der Waals surface area contributed by atoms with Gasteiger partial charge in [0.05, 0.1) is 13.2 Å². The highest BCUT2D eigenvalue weighted by molar-refractivity contribution is 5.95. The van der Waals surface area contributed by atoms with Crippen LogP contribution in [0.3, 0.4) is 0 Å². The van der Waals surface area contributed by atoms with E-state index in [9.17, 15) is 9.59 Å². The topological polar surface area (TPSA) is 86.8 Å². The van der Waals surface area contributed by atoms with E-state index in [1.807, 2.05) is 17.0 Å². The zero-order valence-corrected chi connectivity index (χ0v) is 18.5. The average Bonchev–Trinajstić information content (AvgIpc) is 2.84. The number of ether oxygens (including phenoxy) is 1. The number of nitrogens with zero attached hydrogens (tertiary/aromatic N) is 3. The van der Waals surface area contributed by atoms with Crippen molar-refractivity contribution in [1.82, 2.24) is 15.2 Å². The number of pyridine rings is 1. The quantitative estimate of drug-likeness (QED) is 0.750. The second-order valence-corrected chi connectivity index (χ2v) is 8.31. The molecule has 3 amide bonds. The van der Waals surface area contributed by atoms with Crippen molar-refractivity contribution in [2.45, 2.75) is 38.8 Å². The predicted molar refractivity (Wildman–Crippen MR) is 124 cm³/mol. The van der Waals surface area contributed by atoms with Crippen LogP contribution in [0.1, 0.15) is 42.1 Å². The molecular formula is C24H31N5O3. The van der Waals surface area contributed by atoms with Crippen molar-refractivity contribution in [2.24, 2.45) is 0 Å². The van der Waals surface area contributed by atoms with Gasteiger partial charge in [-0.15, -0.1) is 0 Å². The predicted octanol–water partition coefficient (Wildman–Crippen LogP) is 3.25. The number of aromatic nitrogens is 1. The van der Waals surface area contributed by atoms with Gasteiger partial charge in [0.2, 0.25) is 0 Å². The van der Waals surface area contributed by atoms with Gasteiger partial charge in [0.15, 0.2) is 0 Å². The summed E-state index contributed by atoms with van der Waals surface area (Å²) in [5.41, 5.74) is 2.25. The van der Waals surface area contributed by atoms with Crippen LogP contribution in [0, 0.1) is 0 Å². The zero-order chi connectivity index (χ0) is 22.3. The summed E-state index contributed by atoms with van der Waals surface area (Å²) in [6, 6.07) is 10.9. The highest BCUT2D eigenvalue weighted by atomic mass is 16.5. The van der Waals surface area contributed by atoms with Crippen molar-refractivity contribution in [3.63, 3.8) is 0 Å². The van der Waals surface area contributed by atoms with Crippen LogP contribution in [0.4, 0.5) is 16.3 Å². The summed E-state index contributed by atoms with van der Waals surface area (Å²) >= 11 is 0. The van der Waals surface area contributed by atoms with E-state index in [4.69, 9.17) is 4.74 Å². The molecule has 0 spiro atoms. The minimum absolute atomic E-state index is 0.0559. The van der Waals surface area contributed by atoms with Crippen LogP contribution in [0.25, 0.3) is 0 Å². The van der Waals surface area contributed by atoms with E-state index in [1.54, 1.807) is 30.5 Å². The number of amides is 3. The first-order chi connectivity index (χ1) is 15.6. The third-order valence-electron chi connectivity index (χ3n) is 6.07. The molecule has 2 aliphatic heterocycles. The van der Waals surface area contributed by atoms with Gasteiger partial charge in [-0.1, -0.05) is 6.07 Å². The maximum absolute atomic E-state index is 12.8. The SMILES string of the molecule is C[C@H]1CCCCN1C(=O)c1ccc(NC(=O)NCc2cccnc2N2CCOCC2)cc1. The molecule has 2 aromatic rings. The van der Waals surface area contributed by atoms with E-state index in [0.717, 1.165) is 43.9 Å². The zero-order valence-electron chi connectivity index (χ0n) is 18.5. The Hall–Kier alpha value is -3.13. The van der Waals surface area contributed by atoms with Crippen LogP contribution >= 0.6 is 0 Å². The van der Waals surface area contributed by atoms with Crippen LogP contribution in [0.5, 0.6) is 0 Å². The first-order valence-corrected chi connectivity index (χ1v) is 11.3. The summed E-state index contributed by atoms with van der Waals surface area (Å²) in [5, 5.41) is 5.74. The molecule has 0 radical (unpaired) electrons. The third-order valence-corrected chi connectivity index (χ3v) is 6.07. The van der Waals surface area contributed by atoms with E-state index in [-0.39, 0.29) is 18.0 Å². The minimum atomic E-state index is -0.300. The summed E-state index contributed by atoms with van der Waals surface area (Å²) in [7, 11) is 0. The Morgan fingerprint density at radius 1 is 1.09 bits per heavy atom. The number of benzene rings is 1. The maximum atomic E-state index is 12.8. The van der Waals surface area contributed by atoms with E-state index in [2.05, 4.69) is 27.4 Å². The van der Waals surface area contributed by atoms with Crippen LogP contribution < -0.4 is 15.5 Å². The molecule has 2 aliphatic rings. The summed E-state index contributed by atoms with van der Waals surface area (Å²) in [6.07, 6.45) is 5.05. The largest absolute Gasteiger partial charge is 0.378 e. The number of likely N-dealkylation sites (tertiary alicyclic amines) is 1. The van der Waals surface area contributed by atoms with Crippen LogP contribution in [0.2, 0.25) is 0 Å². The number of piperidine rings is 1. The van der Waals surface area contributed by atoms with Gasteiger partial charge in [-0.25, -0.2) is 9.78 Å². The van der Waals surface area contributed by atoms with E-state index < -0.39 is 0 Å². The summed E-state index contributed by atoms with van der Waals surface area (Å²) in [5.74, 6) is 0.936. The average molecular weight is 438 g/mol. The number of morpholine rings is 1. The fourth-order valence-electron chi connectivity index (χ4n) is 4.24. The molecule has 2 fully saturated rings. The first kappa shape index (κ1) is 22.1. The fourth-order valence-corrected chi connectivity index (χ4v) is 4.24. The van der Waals surface area contributed by atoms with Crippen molar-refractivity contribution < 1.29 is 14.3 Å². The maximum Gasteiger partial charge on any atom is 0.319 e. The first-order valence-electron chi connectivity index (χ1n) is 11.3. The monoisotopic (exact) mass is 437 g/mol. The smallest absolute Gasteiger partial charge is 0.319 e. The molecule has 170 valence electrons. The van der Waals surface area contributed by atoms with Crippen molar-refractivity contribution in [2.75, 3.05) is 43.1 Å². The van der Waals surface area contributed by atoms with Gasteiger partial charge in [0.25, 0.3) is 5.91 Å². The molecule has 1 aromatic carbocycles. The van der Waals surface area contributed by atoms with Gasteiger partial charge >= 0.3 is 6.03 Å². The molecular weight excluding hydrogens is 406 g/mol. The van der Waals surface area contributed by atoms with Crippen LogP contribution in [0.15, 0.2) is 42.6 Å². The molecule has 0 saturated carbocycles.